The summed E-state index contributed by atoms with van der Waals surface area (Å²) in [6.07, 6.45) is -2.58. The Morgan fingerprint density at radius 2 is 1.88 bits per heavy atom. The quantitative estimate of drug-likeness (QED) is 0.747. The molecule has 1 fully saturated rings. The molecule has 138 valence electrons. The second-order valence-corrected chi connectivity index (χ2v) is 6.46. The molecule has 1 aliphatic rings. The lowest BCUT2D eigenvalue weighted by atomic mass is 9.95. The molecule has 1 unspecified atom stereocenters. The van der Waals surface area contributed by atoms with Gasteiger partial charge in [0.25, 0.3) is 0 Å². The van der Waals surface area contributed by atoms with E-state index in [4.69, 9.17) is 5.11 Å². The molecular formula is C17H20F3NO4. The van der Waals surface area contributed by atoms with Crippen molar-refractivity contribution in [1.82, 2.24) is 5.32 Å². The van der Waals surface area contributed by atoms with Gasteiger partial charge < -0.3 is 15.2 Å². The average molecular weight is 359 g/mol. The molecule has 2 N–H and O–H groups in total. The van der Waals surface area contributed by atoms with Gasteiger partial charge in [-0.3, -0.25) is 9.59 Å². The summed E-state index contributed by atoms with van der Waals surface area (Å²) >= 11 is 0. The van der Waals surface area contributed by atoms with E-state index in [-0.39, 0.29) is 24.1 Å². The molecule has 0 radical (unpaired) electrons. The lowest BCUT2D eigenvalue weighted by Gasteiger charge is -2.19. The fourth-order valence-corrected chi connectivity index (χ4v) is 2.62. The summed E-state index contributed by atoms with van der Waals surface area (Å²) in [7, 11) is 0. The Labute approximate surface area is 143 Å². The van der Waals surface area contributed by atoms with Crippen molar-refractivity contribution in [3.8, 4) is 5.75 Å². The van der Waals surface area contributed by atoms with E-state index in [0.717, 1.165) is 5.56 Å². The number of rotatable bonds is 8. The lowest BCUT2D eigenvalue weighted by Crippen LogP contribution is -2.39. The molecule has 1 aromatic rings. The van der Waals surface area contributed by atoms with Gasteiger partial charge in [-0.15, -0.1) is 13.2 Å². The van der Waals surface area contributed by atoms with Gasteiger partial charge in [-0.05, 0) is 50.3 Å². The molecule has 0 aliphatic heterocycles. The molecule has 0 saturated heterocycles. The average Bonchev–Trinajstić information content (AvgIpc) is 3.27. The molecule has 25 heavy (non-hydrogen) atoms. The number of amides is 1. The largest absolute Gasteiger partial charge is 0.573 e. The second kappa shape index (κ2) is 7.33. The van der Waals surface area contributed by atoms with E-state index in [2.05, 4.69) is 10.1 Å². The van der Waals surface area contributed by atoms with E-state index in [1.807, 2.05) is 0 Å². The van der Waals surface area contributed by atoms with Crippen LogP contribution in [0.15, 0.2) is 24.3 Å². The number of ether oxygens (including phenoxy) is 1. The topological polar surface area (TPSA) is 75.6 Å². The van der Waals surface area contributed by atoms with Crippen molar-refractivity contribution in [3.05, 3.63) is 29.8 Å². The van der Waals surface area contributed by atoms with Crippen molar-refractivity contribution >= 4 is 11.9 Å². The van der Waals surface area contributed by atoms with Crippen molar-refractivity contribution in [2.24, 2.45) is 5.41 Å². The van der Waals surface area contributed by atoms with Crippen LogP contribution in [0.4, 0.5) is 13.2 Å². The number of halogens is 3. The van der Waals surface area contributed by atoms with Crippen LogP contribution in [-0.2, 0) is 16.0 Å². The van der Waals surface area contributed by atoms with Gasteiger partial charge in [-0.1, -0.05) is 12.1 Å². The molecule has 1 aromatic carbocycles. The summed E-state index contributed by atoms with van der Waals surface area (Å²) in [5.74, 6) is -1.35. The van der Waals surface area contributed by atoms with Gasteiger partial charge in [0.15, 0.2) is 0 Å². The van der Waals surface area contributed by atoms with Gasteiger partial charge in [0.1, 0.15) is 5.75 Å². The van der Waals surface area contributed by atoms with Crippen LogP contribution >= 0.6 is 0 Å². The number of benzene rings is 1. The third kappa shape index (κ3) is 5.95. The predicted octanol–water partition coefficient (Wildman–Crippen LogP) is 3.28. The van der Waals surface area contributed by atoms with E-state index in [1.165, 1.54) is 24.3 Å². The third-order valence-corrected chi connectivity index (χ3v) is 4.20. The number of alkyl halides is 3. The summed E-state index contributed by atoms with van der Waals surface area (Å²) < 4.78 is 40.3. The molecule has 0 bridgehead atoms. The maximum absolute atomic E-state index is 12.4. The second-order valence-electron chi connectivity index (χ2n) is 6.46. The molecule has 0 spiro atoms. The molecule has 5 nitrogen and oxygen atoms in total. The highest BCUT2D eigenvalue weighted by Gasteiger charge is 2.49. The van der Waals surface area contributed by atoms with Crippen LogP contribution in [0.25, 0.3) is 0 Å². The highest BCUT2D eigenvalue weighted by Crippen LogP contribution is 2.48. The molecule has 1 amide bonds. The first-order valence-corrected chi connectivity index (χ1v) is 7.97. The molecular weight excluding hydrogens is 339 g/mol. The number of hydrogen-bond acceptors (Lipinski definition) is 3. The maximum Gasteiger partial charge on any atom is 0.573 e. The standard InChI is InChI=1S/C17H20F3NO4/c1-11(2-7-14(22)23)21-15(24)16(8-9-16)10-12-3-5-13(6-4-12)25-17(18,19)20/h3-6,11H,2,7-10H2,1H3,(H,21,24)(H,22,23). The number of hydrogen-bond donors (Lipinski definition) is 2. The fourth-order valence-electron chi connectivity index (χ4n) is 2.62. The van der Waals surface area contributed by atoms with Crippen LogP contribution in [0.1, 0.15) is 38.2 Å². The molecule has 2 rings (SSSR count). The number of carboxylic acid groups (broad SMARTS) is 1. The Hall–Kier alpha value is -2.25. The minimum atomic E-state index is -4.73. The Kier molecular flexibility index (Phi) is 5.59. The summed E-state index contributed by atoms with van der Waals surface area (Å²) in [5, 5.41) is 11.5. The zero-order chi connectivity index (χ0) is 18.7. The minimum Gasteiger partial charge on any atom is -0.481 e. The molecule has 1 atom stereocenters. The first-order valence-electron chi connectivity index (χ1n) is 7.97. The van der Waals surface area contributed by atoms with Crippen molar-refractivity contribution in [3.63, 3.8) is 0 Å². The summed E-state index contributed by atoms with van der Waals surface area (Å²) in [4.78, 5) is 23.0. The van der Waals surface area contributed by atoms with Crippen LogP contribution in [0.3, 0.4) is 0 Å². The Morgan fingerprint density at radius 3 is 2.36 bits per heavy atom. The number of aliphatic carboxylic acids is 1. The smallest absolute Gasteiger partial charge is 0.481 e. The number of carbonyl (C=O) groups excluding carboxylic acids is 1. The van der Waals surface area contributed by atoms with Gasteiger partial charge in [0.05, 0.1) is 5.41 Å². The number of carbonyl (C=O) groups is 2. The van der Waals surface area contributed by atoms with Gasteiger partial charge in [-0.2, -0.15) is 0 Å². The van der Waals surface area contributed by atoms with Crippen LogP contribution in [0, 0.1) is 5.41 Å². The van der Waals surface area contributed by atoms with Crippen LogP contribution in [-0.4, -0.2) is 29.4 Å². The highest BCUT2D eigenvalue weighted by atomic mass is 19.4. The van der Waals surface area contributed by atoms with Gasteiger partial charge in [0, 0.05) is 12.5 Å². The highest BCUT2D eigenvalue weighted by molar-refractivity contribution is 5.85. The minimum absolute atomic E-state index is 0.0187. The Balaban J connectivity index is 1.90. The first kappa shape index (κ1) is 19.1. The van der Waals surface area contributed by atoms with Crippen LogP contribution < -0.4 is 10.1 Å². The van der Waals surface area contributed by atoms with E-state index < -0.39 is 17.7 Å². The van der Waals surface area contributed by atoms with Crippen LogP contribution in [0.5, 0.6) is 5.75 Å². The van der Waals surface area contributed by atoms with E-state index >= 15 is 0 Å². The molecule has 1 aliphatic carbocycles. The van der Waals surface area contributed by atoms with Crippen LogP contribution in [0.2, 0.25) is 0 Å². The predicted molar refractivity (Wildman–Crippen MR) is 83.0 cm³/mol. The molecule has 8 heteroatoms. The number of carboxylic acids is 1. The summed E-state index contributed by atoms with van der Waals surface area (Å²) in [6, 6.07) is 5.24. The van der Waals surface area contributed by atoms with Crippen molar-refractivity contribution in [1.29, 1.82) is 0 Å². The van der Waals surface area contributed by atoms with Gasteiger partial charge >= 0.3 is 12.3 Å². The van der Waals surface area contributed by atoms with Gasteiger partial charge in [-0.25, -0.2) is 0 Å². The molecule has 0 aromatic heterocycles. The molecule has 1 saturated carbocycles. The zero-order valence-corrected chi connectivity index (χ0v) is 13.7. The van der Waals surface area contributed by atoms with E-state index in [0.29, 0.717) is 25.7 Å². The van der Waals surface area contributed by atoms with Crippen molar-refractivity contribution < 1.29 is 32.6 Å². The SMILES string of the molecule is CC(CCC(=O)O)NC(=O)C1(Cc2ccc(OC(F)(F)F)cc2)CC1. The van der Waals surface area contributed by atoms with Crippen molar-refractivity contribution in [2.75, 3.05) is 0 Å². The monoisotopic (exact) mass is 359 g/mol. The Bertz CT molecular complexity index is 624. The zero-order valence-electron chi connectivity index (χ0n) is 13.7. The Morgan fingerprint density at radius 1 is 1.28 bits per heavy atom. The maximum atomic E-state index is 12.4. The molecule has 0 heterocycles. The summed E-state index contributed by atoms with van der Waals surface area (Å²) in [5.41, 5.74) is 0.199. The lowest BCUT2D eigenvalue weighted by molar-refractivity contribution is -0.274. The number of nitrogens with one attached hydrogen (secondary N) is 1. The fraction of sp³-hybridized carbons (Fsp3) is 0.529. The first-order chi connectivity index (χ1) is 11.6. The normalized spacial score (nSPS) is 16.8. The van der Waals surface area contributed by atoms with Gasteiger partial charge in [0.2, 0.25) is 5.91 Å². The third-order valence-electron chi connectivity index (χ3n) is 4.20. The van der Waals surface area contributed by atoms with E-state index in [9.17, 15) is 22.8 Å². The van der Waals surface area contributed by atoms with E-state index in [1.54, 1.807) is 6.92 Å². The summed E-state index contributed by atoms with van der Waals surface area (Å²) in [6.45, 7) is 1.75. The van der Waals surface area contributed by atoms with Crippen molar-refractivity contribution in [2.45, 2.75) is 51.4 Å².